The number of nitrogens with zero attached hydrogens (tertiary/aromatic N) is 1. The Labute approximate surface area is 124 Å². The number of carboxylic acid groups (broad SMARTS) is 1. The molecule has 2 N–H and O–H groups in total. The summed E-state index contributed by atoms with van der Waals surface area (Å²) in [5.41, 5.74) is 0.0316. The number of amides is 2. The summed E-state index contributed by atoms with van der Waals surface area (Å²) in [4.78, 5) is 35.9. The largest absolute Gasteiger partial charge is 0.480 e. The van der Waals surface area contributed by atoms with Crippen LogP contribution in [0.3, 0.4) is 0 Å². The molecule has 0 aliphatic carbocycles. The van der Waals surface area contributed by atoms with E-state index in [4.69, 9.17) is 5.11 Å². The van der Waals surface area contributed by atoms with E-state index in [1.54, 1.807) is 0 Å². The van der Waals surface area contributed by atoms with Gasteiger partial charge in [-0.2, -0.15) is 0 Å². The predicted molar refractivity (Wildman–Crippen MR) is 72.1 cm³/mol. The lowest BCUT2D eigenvalue weighted by atomic mass is 10.1. The molecule has 8 heteroatoms. The second-order valence-electron chi connectivity index (χ2n) is 5.03. The van der Waals surface area contributed by atoms with Crippen molar-refractivity contribution in [1.29, 1.82) is 0 Å². The zero-order chi connectivity index (χ0) is 16.4. The van der Waals surface area contributed by atoms with Crippen LogP contribution in [0.4, 0.5) is 14.5 Å². The van der Waals surface area contributed by atoms with Gasteiger partial charge in [0.25, 0.3) is 0 Å². The summed E-state index contributed by atoms with van der Waals surface area (Å²) in [5.74, 6) is -5.25. The molecule has 1 aromatic carbocycles. The summed E-state index contributed by atoms with van der Waals surface area (Å²) in [6.45, 7) is 1.40. The van der Waals surface area contributed by atoms with Crippen molar-refractivity contribution in [2.24, 2.45) is 5.92 Å². The molecule has 0 saturated carbocycles. The molecule has 1 aliphatic rings. The summed E-state index contributed by atoms with van der Waals surface area (Å²) in [7, 11) is 0. The molecule has 2 atom stereocenters. The SMILES string of the molecule is C[C@H](NC(=O)[C@@H]1CCN(c2cc(F)cc(F)c2)C1=O)C(=O)O. The van der Waals surface area contributed by atoms with Gasteiger partial charge in [-0.3, -0.25) is 14.4 Å². The molecule has 1 fully saturated rings. The number of halogens is 2. The Bertz CT molecular complexity index is 615. The zero-order valence-electron chi connectivity index (χ0n) is 11.7. The molecule has 1 heterocycles. The first-order valence-electron chi connectivity index (χ1n) is 6.60. The number of benzene rings is 1. The van der Waals surface area contributed by atoms with Gasteiger partial charge in [-0.1, -0.05) is 0 Å². The van der Waals surface area contributed by atoms with Gasteiger partial charge in [0.05, 0.1) is 0 Å². The maximum Gasteiger partial charge on any atom is 0.325 e. The lowest BCUT2D eigenvalue weighted by Crippen LogP contribution is -2.44. The molecule has 0 radical (unpaired) electrons. The first kappa shape index (κ1) is 15.9. The van der Waals surface area contributed by atoms with Gasteiger partial charge in [0.1, 0.15) is 23.6 Å². The van der Waals surface area contributed by atoms with Crippen LogP contribution in [0.5, 0.6) is 0 Å². The van der Waals surface area contributed by atoms with Gasteiger partial charge < -0.3 is 15.3 Å². The number of nitrogens with one attached hydrogen (secondary N) is 1. The number of carbonyl (C=O) groups excluding carboxylic acids is 2. The van der Waals surface area contributed by atoms with E-state index in [0.29, 0.717) is 6.07 Å². The van der Waals surface area contributed by atoms with Crippen LogP contribution in [-0.4, -0.2) is 35.5 Å². The molecule has 118 valence electrons. The topological polar surface area (TPSA) is 86.7 Å². The molecule has 22 heavy (non-hydrogen) atoms. The van der Waals surface area contributed by atoms with E-state index in [-0.39, 0.29) is 18.7 Å². The van der Waals surface area contributed by atoms with Gasteiger partial charge in [0, 0.05) is 18.3 Å². The molecular formula is C14H14F2N2O4. The van der Waals surface area contributed by atoms with E-state index >= 15 is 0 Å². The van der Waals surface area contributed by atoms with Crippen molar-refractivity contribution in [1.82, 2.24) is 5.32 Å². The van der Waals surface area contributed by atoms with Crippen LogP contribution in [0.25, 0.3) is 0 Å². The highest BCUT2D eigenvalue weighted by Crippen LogP contribution is 2.26. The van der Waals surface area contributed by atoms with Gasteiger partial charge in [-0.25, -0.2) is 8.78 Å². The summed E-state index contributed by atoms with van der Waals surface area (Å²) < 4.78 is 26.4. The third-order valence-corrected chi connectivity index (χ3v) is 3.41. The predicted octanol–water partition coefficient (Wildman–Crippen LogP) is 0.907. The number of hydrogen-bond donors (Lipinski definition) is 2. The number of rotatable bonds is 4. The normalized spacial score (nSPS) is 19.1. The molecule has 0 bridgehead atoms. The molecule has 2 amide bonds. The summed E-state index contributed by atoms with van der Waals surface area (Å²) in [6, 6.07) is 1.56. The van der Waals surface area contributed by atoms with Crippen molar-refractivity contribution < 1.29 is 28.3 Å². The van der Waals surface area contributed by atoms with Gasteiger partial charge >= 0.3 is 5.97 Å². The highest BCUT2D eigenvalue weighted by Gasteiger charge is 2.38. The smallest absolute Gasteiger partial charge is 0.325 e. The molecule has 0 spiro atoms. The second-order valence-corrected chi connectivity index (χ2v) is 5.03. The number of anilines is 1. The molecular weight excluding hydrogens is 298 g/mol. The Kier molecular flexibility index (Phi) is 4.39. The fourth-order valence-electron chi connectivity index (χ4n) is 2.25. The highest BCUT2D eigenvalue weighted by atomic mass is 19.1. The zero-order valence-corrected chi connectivity index (χ0v) is 11.7. The minimum absolute atomic E-state index is 0.0316. The van der Waals surface area contributed by atoms with Crippen molar-refractivity contribution in [2.45, 2.75) is 19.4 Å². The van der Waals surface area contributed by atoms with Crippen molar-refractivity contribution in [3.8, 4) is 0 Å². The van der Waals surface area contributed by atoms with Crippen molar-refractivity contribution in [3.63, 3.8) is 0 Å². The van der Waals surface area contributed by atoms with Crippen molar-refractivity contribution in [2.75, 3.05) is 11.4 Å². The third-order valence-electron chi connectivity index (χ3n) is 3.41. The molecule has 1 aromatic rings. The maximum atomic E-state index is 13.2. The van der Waals surface area contributed by atoms with Crippen LogP contribution in [0.1, 0.15) is 13.3 Å². The minimum Gasteiger partial charge on any atom is -0.480 e. The van der Waals surface area contributed by atoms with Crippen molar-refractivity contribution in [3.05, 3.63) is 29.8 Å². The lowest BCUT2D eigenvalue weighted by Gasteiger charge is -2.17. The first-order valence-corrected chi connectivity index (χ1v) is 6.60. The lowest BCUT2D eigenvalue weighted by molar-refractivity contribution is -0.143. The van der Waals surface area contributed by atoms with Crippen LogP contribution in [0.2, 0.25) is 0 Å². The van der Waals surface area contributed by atoms with E-state index in [1.807, 2.05) is 0 Å². The standard InChI is InChI=1S/C14H14F2N2O4/c1-7(14(21)22)17-12(19)11-2-3-18(13(11)20)10-5-8(15)4-9(16)6-10/h4-7,11H,2-3H2,1H3,(H,17,19)(H,21,22)/t7-,11-/m0/s1. The molecule has 0 aromatic heterocycles. The quantitative estimate of drug-likeness (QED) is 0.809. The van der Waals surface area contributed by atoms with Gasteiger partial charge in [-0.15, -0.1) is 0 Å². The number of hydrogen-bond acceptors (Lipinski definition) is 3. The Hall–Kier alpha value is -2.51. The van der Waals surface area contributed by atoms with E-state index in [9.17, 15) is 23.2 Å². The average Bonchev–Trinajstić information content (AvgIpc) is 2.79. The fraction of sp³-hybridized carbons (Fsp3) is 0.357. The van der Waals surface area contributed by atoms with Crippen molar-refractivity contribution >= 4 is 23.5 Å². The second kappa shape index (κ2) is 6.08. The highest BCUT2D eigenvalue weighted by molar-refractivity contribution is 6.10. The summed E-state index contributed by atoms with van der Waals surface area (Å²) in [5, 5.41) is 10.9. The van der Waals surface area contributed by atoms with Crippen LogP contribution < -0.4 is 10.2 Å². The van der Waals surface area contributed by atoms with Crippen LogP contribution >= 0.6 is 0 Å². The number of aliphatic carboxylic acids is 1. The maximum absolute atomic E-state index is 13.2. The minimum atomic E-state index is -1.22. The summed E-state index contributed by atoms with van der Waals surface area (Å²) in [6.07, 6.45) is 0.148. The molecule has 0 unspecified atom stereocenters. The van der Waals surface area contributed by atoms with Gasteiger partial charge in [0.2, 0.25) is 11.8 Å². The average molecular weight is 312 g/mol. The molecule has 1 saturated heterocycles. The van der Waals surface area contributed by atoms with Crippen LogP contribution in [-0.2, 0) is 14.4 Å². The van der Waals surface area contributed by atoms with Gasteiger partial charge in [0.15, 0.2) is 0 Å². The Morgan fingerprint density at radius 1 is 1.32 bits per heavy atom. The number of carbonyl (C=O) groups is 3. The monoisotopic (exact) mass is 312 g/mol. The molecule has 1 aliphatic heterocycles. The Morgan fingerprint density at radius 2 is 1.91 bits per heavy atom. The van der Waals surface area contributed by atoms with Gasteiger partial charge in [-0.05, 0) is 25.5 Å². The Morgan fingerprint density at radius 3 is 2.45 bits per heavy atom. The Balaban J connectivity index is 2.12. The molecule has 2 rings (SSSR count). The first-order chi connectivity index (χ1) is 10.3. The third kappa shape index (κ3) is 3.21. The van der Waals surface area contributed by atoms with Crippen LogP contribution in [0, 0.1) is 17.6 Å². The summed E-state index contributed by atoms with van der Waals surface area (Å²) >= 11 is 0. The molecule has 6 nitrogen and oxygen atoms in total. The fourth-order valence-corrected chi connectivity index (χ4v) is 2.25. The van der Waals surface area contributed by atoms with E-state index < -0.39 is 41.4 Å². The van der Waals surface area contributed by atoms with E-state index in [0.717, 1.165) is 17.0 Å². The number of carboxylic acids is 1. The van der Waals surface area contributed by atoms with E-state index in [1.165, 1.54) is 6.92 Å². The van der Waals surface area contributed by atoms with E-state index in [2.05, 4.69) is 5.32 Å². The van der Waals surface area contributed by atoms with Crippen LogP contribution in [0.15, 0.2) is 18.2 Å².